The van der Waals surface area contributed by atoms with Crippen LogP contribution in [0.2, 0.25) is 0 Å². The van der Waals surface area contributed by atoms with E-state index in [-0.39, 0.29) is 0 Å². The molecule has 2 aromatic carbocycles. The monoisotopic (exact) mass is 284 g/mol. The van der Waals surface area contributed by atoms with E-state index in [2.05, 4.69) is 72.8 Å². The van der Waals surface area contributed by atoms with Gasteiger partial charge in [0.15, 0.2) is 0 Å². The number of fused-ring (bicyclic) bond motifs is 1. The summed E-state index contributed by atoms with van der Waals surface area (Å²) in [7, 11) is 4.17. The molecule has 0 radical (unpaired) electrons. The highest BCUT2D eigenvalue weighted by Gasteiger charge is 2.22. The number of hydrogen-bond donors (Lipinski definition) is 1. The summed E-state index contributed by atoms with van der Waals surface area (Å²) in [4.78, 5) is 3.60. The topological polar surface area (TPSA) is 15.3 Å². The molecule has 2 nitrogen and oxygen atoms in total. The van der Waals surface area contributed by atoms with Gasteiger partial charge in [-0.25, -0.2) is 0 Å². The molecule has 1 aliphatic rings. The Bertz CT molecular complexity index is 595. The first-order chi connectivity index (χ1) is 9.75. The maximum Gasteiger partial charge on any atom is 0.0596 e. The number of rotatable bonds is 4. The van der Waals surface area contributed by atoms with Gasteiger partial charge in [0.25, 0.3) is 0 Å². The third-order valence-electron chi connectivity index (χ3n) is 3.72. The van der Waals surface area contributed by atoms with E-state index in [0.29, 0.717) is 5.92 Å². The molecule has 0 aromatic heterocycles. The first-order valence-corrected chi connectivity index (χ1v) is 7.96. The van der Waals surface area contributed by atoms with Crippen molar-refractivity contribution in [3.05, 3.63) is 54.1 Å². The van der Waals surface area contributed by atoms with Crippen molar-refractivity contribution in [1.82, 2.24) is 0 Å². The third kappa shape index (κ3) is 2.63. The lowest BCUT2D eigenvalue weighted by Crippen LogP contribution is -2.16. The van der Waals surface area contributed by atoms with Gasteiger partial charge in [-0.2, -0.15) is 0 Å². The van der Waals surface area contributed by atoms with E-state index in [4.69, 9.17) is 0 Å². The normalized spacial score (nSPS) is 16.8. The van der Waals surface area contributed by atoms with Gasteiger partial charge in [0.2, 0.25) is 0 Å². The molecule has 1 unspecified atom stereocenters. The van der Waals surface area contributed by atoms with E-state index >= 15 is 0 Å². The largest absolute Gasteiger partial charge is 0.383 e. The maximum atomic E-state index is 3.62. The Morgan fingerprint density at radius 3 is 2.70 bits per heavy atom. The summed E-state index contributed by atoms with van der Waals surface area (Å²) >= 11 is 1.97. The van der Waals surface area contributed by atoms with Crippen molar-refractivity contribution in [3.63, 3.8) is 0 Å². The highest BCUT2D eigenvalue weighted by molar-refractivity contribution is 7.99. The lowest BCUT2D eigenvalue weighted by Gasteiger charge is -2.20. The number of nitrogens with one attached hydrogen (secondary N) is 1. The van der Waals surface area contributed by atoms with Crippen LogP contribution in [0, 0.1) is 0 Å². The Labute approximate surface area is 125 Å². The number of benzene rings is 2. The molecule has 0 saturated heterocycles. The Hall–Kier alpha value is -1.61. The predicted octanol–water partition coefficient (Wildman–Crippen LogP) is 4.05. The quantitative estimate of drug-likeness (QED) is 0.911. The van der Waals surface area contributed by atoms with Crippen LogP contribution in [0.25, 0.3) is 0 Å². The Morgan fingerprint density at radius 1 is 1.10 bits per heavy atom. The van der Waals surface area contributed by atoms with Crippen LogP contribution in [0.5, 0.6) is 0 Å². The van der Waals surface area contributed by atoms with Gasteiger partial charge in [-0.15, -0.1) is 11.8 Å². The summed E-state index contributed by atoms with van der Waals surface area (Å²) in [5.74, 6) is 1.78. The van der Waals surface area contributed by atoms with Crippen molar-refractivity contribution >= 4 is 23.1 Å². The molecule has 104 valence electrons. The molecule has 3 heteroatoms. The van der Waals surface area contributed by atoms with Crippen LogP contribution in [0.1, 0.15) is 11.5 Å². The van der Waals surface area contributed by atoms with Gasteiger partial charge >= 0.3 is 0 Å². The molecule has 0 aliphatic carbocycles. The maximum absolute atomic E-state index is 3.62. The number of anilines is 2. The second-order valence-corrected chi connectivity index (χ2v) is 6.40. The molecule has 0 bridgehead atoms. The van der Waals surface area contributed by atoms with Gasteiger partial charge < -0.3 is 10.2 Å². The van der Waals surface area contributed by atoms with Crippen LogP contribution < -0.4 is 10.2 Å². The SMILES string of the molecule is CN(C)c1ccccc1NCC1CSc2ccccc21. The van der Waals surface area contributed by atoms with Crippen LogP contribution in [0.3, 0.4) is 0 Å². The van der Waals surface area contributed by atoms with Gasteiger partial charge in [-0.1, -0.05) is 30.3 Å². The number of nitrogens with zero attached hydrogens (tertiary/aromatic N) is 1. The van der Waals surface area contributed by atoms with Crippen LogP contribution in [0.4, 0.5) is 11.4 Å². The lowest BCUT2D eigenvalue weighted by molar-refractivity contribution is 0.818. The molecule has 0 spiro atoms. The average Bonchev–Trinajstić information content (AvgIpc) is 2.88. The highest BCUT2D eigenvalue weighted by atomic mass is 32.2. The Morgan fingerprint density at radius 2 is 1.85 bits per heavy atom. The second kappa shape index (κ2) is 5.80. The van der Waals surface area contributed by atoms with E-state index in [1.165, 1.54) is 27.6 Å². The molecule has 2 aromatic rings. The van der Waals surface area contributed by atoms with Crippen molar-refractivity contribution in [1.29, 1.82) is 0 Å². The van der Waals surface area contributed by atoms with Crippen molar-refractivity contribution < 1.29 is 0 Å². The van der Waals surface area contributed by atoms with Crippen molar-refractivity contribution in [2.45, 2.75) is 10.8 Å². The number of hydrogen-bond acceptors (Lipinski definition) is 3. The summed E-state index contributed by atoms with van der Waals surface area (Å²) in [5, 5.41) is 3.62. The molecule has 0 saturated carbocycles. The highest BCUT2D eigenvalue weighted by Crippen LogP contribution is 2.39. The molecule has 1 N–H and O–H groups in total. The summed E-state index contributed by atoms with van der Waals surface area (Å²) in [6, 6.07) is 17.2. The van der Waals surface area contributed by atoms with E-state index in [1.54, 1.807) is 0 Å². The molecule has 20 heavy (non-hydrogen) atoms. The lowest BCUT2D eigenvalue weighted by atomic mass is 10.0. The number of thioether (sulfide) groups is 1. The first-order valence-electron chi connectivity index (χ1n) is 6.97. The van der Waals surface area contributed by atoms with E-state index in [1.807, 2.05) is 11.8 Å². The summed E-state index contributed by atoms with van der Waals surface area (Å²) < 4.78 is 0. The zero-order valence-electron chi connectivity index (χ0n) is 12.0. The van der Waals surface area contributed by atoms with Crippen LogP contribution >= 0.6 is 11.8 Å². The molecule has 3 rings (SSSR count). The first kappa shape index (κ1) is 13.4. The second-order valence-electron chi connectivity index (χ2n) is 5.34. The fraction of sp³-hybridized carbons (Fsp3) is 0.294. The molecule has 0 fully saturated rings. The van der Waals surface area contributed by atoms with Gasteiger partial charge in [0.1, 0.15) is 0 Å². The van der Waals surface area contributed by atoms with Crippen molar-refractivity contribution in [2.75, 3.05) is 36.6 Å². The van der Waals surface area contributed by atoms with Crippen LogP contribution in [0.15, 0.2) is 53.4 Å². The van der Waals surface area contributed by atoms with E-state index in [9.17, 15) is 0 Å². The average molecular weight is 284 g/mol. The fourth-order valence-electron chi connectivity index (χ4n) is 2.64. The Balaban J connectivity index is 1.72. The zero-order chi connectivity index (χ0) is 13.9. The van der Waals surface area contributed by atoms with E-state index in [0.717, 1.165) is 6.54 Å². The smallest absolute Gasteiger partial charge is 0.0596 e. The van der Waals surface area contributed by atoms with Gasteiger partial charge in [-0.05, 0) is 23.8 Å². The number of para-hydroxylation sites is 2. The Kier molecular flexibility index (Phi) is 3.88. The zero-order valence-corrected chi connectivity index (χ0v) is 12.8. The van der Waals surface area contributed by atoms with Crippen LogP contribution in [-0.4, -0.2) is 26.4 Å². The molecule has 1 atom stereocenters. The van der Waals surface area contributed by atoms with Gasteiger partial charge in [-0.3, -0.25) is 0 Å². The van der Waals surface area contributed by atoms with Crippen molar-refractivity contribution in [3.8, 4) is 0 Å². The summed E-state index contributed by atoms with van der Waals surface area (Å²) in [5.41, 5.74) is 3.95. The van der Waals surface area contributed by atoms with E-state index < -0.39 is 0 Å². The minimum Gasteiger partial charge on any atom is -0.383 e. The minimum atomic E-state index is 0.603. The standard InChI is InChI=1S/C17H20N2S/c1-19(2)16-9-5-4-8-15(16)18-11-13-12-20-17-10-6-3-7-14(13)17/h3-10,13,18H,11-12H2,1-2H3. The fourth-order valence-corrected chi connectivity index (χ4v) is 3.90. The molecular weight excluding hydrogens is 264 g/mol. The minimum absolute atomic E-state index is 0.603. The molecule has 0 amide bonds. The summed E-state index contributed by atoms with van der Waals surface area (Å²) in [6.07, 6.45) is 0. The molecule has 1 aliphatic heterocycles. The summed E-state index contributed by atoms with van der Waals surface area (Å²) in [6.45, 7) is 0.995. The molecule has 1 heterocycles. The van der Waals surface area contributed by atoms with Gasteiger partial charge in [0.05, 0.1) is 11.4 Å². The van der Waals surface area contributed by atoms with Crippen molar-refractivity contribution in [2.24, 2.45) is 0 Å². The third-order valence-corrected chi connectivity index (χ3v) is 4.98. The molecular formula is C17H20N2S. The van der Waals surface area contributed by atoms with Crippen LogP contribution in [-0.2, 0) is 0 Å². The van der Waals surface area contributed by atoms with Gasteiger partial charge in [0, 0.05) is 37.2 Å². The predicted molar refractivity (Wildman–Crippen MR) is 89.2 cm³/mol.